The first-order chi connectivity index (χ1) is 10.5. The number of nitrogens with zero attached hydrogens (tertiary/aromatic N) is 3. The number of halogens is 1. The molecule has 1 aliphatic heterocycles. The summed E-state index contributed by atoms with van der Waals surface area (Å²) >= 11 is 0. The predicted octanol–water partition coefficient (Wildman–Crippen LogP) is 2.55. The molecule has 0 unspecified atom stereocenters. The largest absolute Gasteiger partial charge is 0.370 e. The van der Waals surface area contributed by atoms with Crippen LogP contribution in [0.25, 0.3) is 0 Å². The van der Waals surface area contributed by atoms with E-state index in [1.165, 1.54) is 12.8 Å². The first-order valence-corrected chi connectivity index (χ1v) is 7.83. The van der Waals surface area contributed by atoms with Crippen molar-refractivity contribution in [2.24, 2.45) is 16.6 Å². The molecule has 1 amide bonds. The van der Waals surface area contributed by atoms with Gasteiger partial charge in [0.05, 0.1) is 6.54 Å². The Morgan fingerprint density at radius 2 is 1.83 bits per heavy atom. The normalized spacial score (nSPS) is 16.0. The zero-order valence-electron chi connectivity index (χ0n) is 14.2. The molecule has 2 rings (SSSR count). The van der Waals surface area contributed by atoms with E-state index in [4.69, 9.17) is 5.73 Å². The van der Waals surface area contributed by atoms with Gasteiger partial charge in [-0.05, 0) is 36.5 Å². The molecule has 2 N–H and O–H groups in total. The minimum absolute atomic E-state index is 0. The smallest absolute Gasteiger partial charge is 0.253 e. The number of piperidine rings is 1. The maximum Gasteiger partial charge on any atom is 0.253 e. The molecule has 6 heteroatoms. The van der Waals surface area contributed by atoms with Crippen LogP contribution in [0.2, 0.25) is 0 Å². The molecule has 1 aliphatic rings. The third-order valence-electron chi connectivity index (χ3n) is 4.14. The van der Waals surface area contributed by atoms with E-state index in [-0.39, 0.29) is 29.9 Å². The molecule has 5 nitrogen and oxygen atoms in total. The average molecular weight is 430 g/mol. The number of nitrogens with two attached hydrogens (primary N) is 1. The number of carbonyl (C=O) groups is 1. The second kappa shape index (κ2) is 9.10. The van der Waals surface area contributed by atoms with Gasteiger partial charge in [-0.25, -0.2) is 4.99 Å². The Kier molecular flexibility index (Phi) is 7.81. The summed E-state index contributed by atoms with van der Waals surface area (Å²) in [5.74, 6) is 1.42. The van der Waals surface area contributed by atoms with Crippen molar-refractivity contribution >= 4 is 35.8 Å². The van der Waals surface area contributed by atoms with Gasteiger partial charge >= 0.3 is 0 Å². The second-order valence-electron chi connectivity index (χ2n) is 6.24. The summed E-state index contributed by atoms with van der Waals surface area (Å²) in [6, 6.07) is 7.55. The van der Waals surface area contributed by atoms with Gasteiger partial charge in [-0.1, -0.05) is 19.1 Å². The van der Waals surface area contributed by atoms with Crippen LogP contribution in [0.1, 0.15) is 35.7 Å². The van der Waals surface area contributed by atoms with Crippen molar-refractivity contribution in [3.8, 4) is 0 Å². The van der Waals surface area contributed by atoms with E-state index < -0.39 is 0 Å². The quantitative estimate of drug-likeness (QED) is 0.456. The van der Waals surface area contributed by atoms with E-state index >= 15 is 0 Å². The van der Waals surface area contributed by atoms with E-state index in [1.807, 2.05) is 24.3 Å². The molecule has 0 aromatic heterocycles. The third-order valence-corrected chi connectivity index (χ3v) is 4.14. The highest BCUT2D eigenvalue weighted by molar-refractivity contribution is 14.0. The minimum Gasteiger partial charge on any atom is -0.370 e. The molecule has 1 heterocycles. The highest BCUT2D eigenvalue weighted by atomic mass is 127. The molecular weight excluding hydrogens is 403 g/mol. The summed E-state index contributed by atoms with van der Waals surface area (Å²) < 4.78 is 0. The first kappa shape index (κ1) is 19.7. The van der Waals surface area contributed by atoms with Crippen LogP contribution >= 0.6 is 24.0 Å². The molecule has 1 saturated heterocycles. The monoisotopic (exact) mass is 430 g/mol. The van der Waals surface area contributed by atoms with Crippen LogP contribution in [0.3, 0.4) is 0 Å². The van der Waals surface area contributed by atoms with Gasteiger partial charge in [0.2, 0.25) is 0 Å². The molecule has 0 bridgehead atoms. The standard InChI is InChI=1S/C17H26N4O.HI/c1-13-8-10-21(11-9-13)17(18)19-12-14-4-6-15(7-5-14)16(22)20(2)3;/h4-7,13H,8-12H2,1-3H3,(H2,18,19);1H. The lowest BCUT2D eigenvalue weighted by molar-refractivity contribution is 0.0827. The molecule has 128 valence electrons. The molecule has 0 saturated carbocycles. The zero-order chi connectivity index (χ0) is 16.1. The number of aliphatic imine (C=N–C) groups is 1. The Bertz CT molecular complexity index is 534. The topological polar surface area (TPSA) is 61.9 Å². The number of guanidine groups is 1. The number of hydrogen-bond donors (Lipinski definition) is 1. The van der Waals surface area contributed by atoms with Crippen LogP contribution in [-0.2, 0) is 6.54 Å². The van der Waals surface area contributed by atoms with Gasteiger partial charge in [0.1, 0.15) is 0 Å². The van der Waals surface area contributed by atoms with Crippen LogP contribution in [0.15, 0.2) is 29.3 Å². The third kappa shape index (κ3) is 5.67. The Labute approximate surface area is 156 Å². The fourth-order valence-electron chi connectivity index (χ4n) is 2.52. The Morgan fingerprint density at radius 1 is 1.26 bits per heavy atom. The van der Waals surface area contributed by atoms with E-state index in [0.717, 1.165) is 24.6 Å². The molecule has 0 atom stereocenters. The second-order valence-corrected chi connectivity index (χ2v) is 6.24. The average Bonchev–Trinajstić information content (AvgIpc) is 2.53. The minimum atomic E-state index is 0. The van der Waals surface area contributed by atoms with Crippen LogP contribution < -0.4 is 5.73 Å². The summed E-state index contributed by atoms with van der Waals surface area (Å²) in [5.41, 5.74) is 7.82. The zero-order valence-corrected chi connectivity index (χ0v) is 16.5. The maximum atomic E-state index is 11.8. The van der Waals surface area contributed by atoms with Crippen LogP contribution in [0.5, 0.6) is 0 Å². The molecule has 23 heavy (non-hydrogen) atoms. The molecule has 0 radical (unpaired) electrons. The summed E-state index contributed by atoms with van der Waals surface area (Å²) in [5, 5.41) is 0. The molecule has 0 spiro atoms. The van der Waals surface area contributed by atoms with Gasteiger partial charge in [0, 0.05) is 32.7 Å². The maximum absolute atomic E-state index is 11.8. The summed E-state index contributed by atoms with van der Waals surface area (Å²) in [6.45, 7) is 4.81. The summed E-state index contributed by atoms with van der Waals surface area (Å²) in [7, 11) is 3.50. The Hall–Kier alpha value is -1.31. The summed E-state index contributed by atoms with van der Waals surface area (Å²) in [4.78, 5) is 20.0. The van der Waals surface area contributed by atoms with Crippen LogP contribution in [0, 0.1) is 5.92 Å². The molecule has 1 aromatic carbocycles. The van der Waals surface area contributed by atoms with Gasteiger partial charge < -0.3 is 15.5 Å². The lowest BCUT2D eigenvalue weighted by Crippen LogP contribution is -2.42. The summed E-state index contributed by atoms with van der Waals surface area (Å²) in [6.07, 6.45) is 2.36. The fourth-order valence-corrected chi connectivity index (χ4v) is 2.52. The number of hydrogen-bond acceptors (Lipinski definition) is 2. The Balaban J connectivity index is 0.00000264. The number of benzene rings is 1. The number of carbonyl (C=O) groups excluding carboxylic acids is 1. The first-order valence-electron chi connectivity index (χ1n) is 7.83. The number of likely N-dealkylation sites (tertiary alicyclic amines) is 1. The van der Waals surface area contributed by atoms with Crippen molar-refractivity contribution in [3.05, 3.63) is 35.4 Å². The van der Waals surface area contributed by atoms with Crippen molar-refractivity contribution < 1.29 is 4.79 Å². The molecule has 0 aliphatic carbocycles. The van der Waals surface area contributed by atoms with Crippen molar-refractivity contribution in [2.75, 3.05) is 27.2 Å². The van der Waals surface area contributed by atoms with E-state index in [9.17, 15) is 4.79 Å². The van der Waals surface area contributed by atoms with Gasteiger partial charge in [-0.3, -0.25) is 4.79 Å². The van der Waals surface area contributed by atoms with Gasteiger partial charge in [0.15, 0.2) is 5.96 Å². The van der Waals surface area contributed by atoms with E-state index in [1.54, 1.807) is 19.0 Å². The molecule has 1 aromatic rings. The highest BCUT2D eigenvalue weighted by Crippen LogP contribution is 2.15. The van der Waals surface area contributed by atoms with Crippen molar-refractivity contribution in [1.82, 2.24) is 9.80 Å². The molecular formula is C17H27IN4O. The predicted molar refractivity (Wildman–Crippen MR) is 105 cm³/mol. The van der Waals surface area contributed by atoms with Crippen LogP contribution in [0.4, 0.5) is 0 Å². The van der Waals surface area contributed by atoms with Crippen molar-refractivity contribution in [3.63, 3.8) is 0 Å². The lowest BCUT2D eigenvalue weighted by atomic mass is 10.00. The van der Waals surface area contributed by atoms with Gasteiger partial charge in [-0.15, -0.1) is 24.0 Å². The van der Waals surface area contributed by atoms with E-state index in [2.05, 4.69) is 16.8 Å². The van der Waals surface area contributed by atoms with Gasteiger partial charge in [-0.2, -0.15) is 0 Å². The fraction of sp³-hybridized carbons (Fsp3) is 0.529. The number of amides is 1. The van der Waals surface area contributed by atoms with E-state index in [0.29, 0.717) is 18.1 Å². The van der Waals surface area contributed by atoms with Crippen LogP contribution in [-0.4, -0.2) is 48.9 Å². The van der Waals surface area contributed by atoms with Crippen molar-refractivity contribution in [2.45, 2.75) is 26.3 Å². The van der Waals surface area contributed by atoms with Crippen molar-refractivity contribution in [1.29, 1.82) is 0 Å². The van der Waals surface area contributed by atoms with Gasteiger partial charge in [0.25, 0.3) is 5.91 Å². The Morgan fingerprint density at radius 3 is 2.35 bits per heavy atom. The SMILES string of the molecule is CC1CCN(C(N)=NCc2ccc(C(=O)N(C)C)cc2)CC1.I. The lowest BCUT2D eigenvalue weighted by Gasteiger charge is -2.31. The molecule has 1 fully saturated rings. The number of rotatable bonds is 3. The highest BCUT2D eigenvalue weighted by Gasteiger charge is 2.16.